The maximum atomic E-state index is 10.9. The van der Waals surface area contributed by atoms with Gasteiger partial charge in [-0.1, -0.05) is 0 Å². The van der Waals surface area contributed by atoms with Crippen molar-refractivity contribution in [1.29, 1.82) is 0 Å². The van der Waals surface area contributed by atoms with Crippen molar-refractivity contribution < 1.29 is 38.0 Å². The lowest BCUT2D eigenvalue weighted by molar-refractivity contribution is -0.938. The number of piperidine rings is 1. The summed E-state index contributed by atoms with van der Waals surface area (Å²) in [7, 11) is 2.28. The summed E-state index contributed by atoms with van der Waals surface area (Å²) in [6.45, 7) is 7.94. The van der Waals surface area contributed by atoms with Crippen molar-refractivity contribution in [3.8, 4) is 0 Å². The van der Waals surface area contributed by atoms with E-state index in [1.807, 2.05) is 6.92 Å². The molecule has 0 bridgehead atoms. The molecule has 1 rings (SSSR count). The lowest BCUT2D eigenvalue weighted by atomic mass is 10.00. The number of ether oxygens (including phenoxy) is 1. The fraction of sp³-hybridized carbons (Fsp3) is 0.917. The normalized spacial score (nSPS) is 31.4. The number of nitrogens with zero attached hydrogens (tertiary/aromatic N) is 1. The lowest BCUT2D eigenvalue weighted by Crippen LogP contribution is -3.00. The van der Waals surface area contributed by atoms with E-state index in [1.54, 1.807) is 0 Å². The highest BCUT2D eigenvalue weighted by molar-refractivity contribution is 5.66. The van der Waals surface area contributed by atoms with Crippen LogP contribution in [0.4, 0.5) is 0 Å². The van der Waals surface area contributed by atoms with Gasteiger partial charge >= 0.3 is 5.97 Å². The van der Waals surface area contributed by atoms with Crippen LogP contribution in [-0.4, -0.2) is 42.7 Å². The highest BCUT2D eigenvalue weighted by atomic mass is 127. The number of esters is 1. The average molecular weight is 341 g/mol. The lowest BCUT2D eigenvalue weighted by Gasteiger charge is -2.44. The van der Waals surface area contributed by atoms with Crippen LogP contribution in [0.15, 0.2) is 0 Å². The quantitative estimate of drug-likeness (QED) is 0.373. The minimum atomic E-state index is -0.168. The molecule has 0 aromatic heterocycles. The summed E-state index contributed by atoms with van der Waals surface area (Å²) in [5, 5.41) is 0. The Labute approximate surface area is 116 Å². The van der Waals surface area contributed by atoms with Gasteiger partial charge in [0.15, 0.2) is 0 Å². The van der Waals surface area contributed by atoms with E-state index in [0.717, 1.165) is 11.0 Å². The number of halogens is 1. The van der Waals surface area contributed by atoms with E-state index < -0.39 is 0 Å². The molecule has 3 unspecified atom stereocenters. The van der Waals surface area contributed by atoms with E-state index in [0.29, 0.717) is 6.04 Å². The van der Waals surface area contributed by atoms with Crippen LogP contribution >= 0.6 is 0 Å². The number of rotatable bonds is 3. The molecule has 0 aliphatic carbocycles. The Morgan fingerprint density at radius 2 is 2.12 bits per heavy atom. The Balaban J connectivity index is 0.00000225. The van der Waals surface area contributed by atoms with Gasteiger partial charge in [0.1, 0.15) is 12.6 Å². The van der Waals surface area contributed by atoms with Gasteiger partial charge in [0.25, 0.3) is 0 Å². The second kappa shape index (κ2) is 6.79. The Bertz CT molecular complexity index is 235. The zero-order valence-corrected chi connectivity index (χ0v) is 13.0. The first-order chi connectivity index (χ1) is 6.94. The first-order valence-electron chi connectivity index (χ1n) is 5.95. The van der Waals surface area contributed by atoms with Crippen LogP contribution in [0.25, 0.3) is 0 Å². The number of hydrogen-bond acceptors (Lipinski definition) is 2. The van der Waals surface area contributed by atoms with Crippen molar-refractivity contribution in [3.05, 3.63) is 0 Å². The van der Waals surface area contributed by atoms with Gasteiger partial charge in [-0.25, -0.2) is 0 Å². The maximum Gasteiger partial charge on any atom is 0.303 e. The summed E-state index contributed by atoms with van der Waals surface area (Å²) < 4.78 is 6.26. The van der Waals surface area contributed by atoms with Crippen LogP contribution < -0.4 is 24.0 Å². The molecule has 96 valence electrons. The second-order valence-electron chi connectivity index (χ2n) is 5.15. The van der Waals surface area contributed by atoms with E-state index in [2.05, 4.69) is 14.0 Å². The molecule has 1 heterocycles. The zero-order valence-electron chi connectivity index (χ0n) is 10.8. The van der Waals surface area contributed by atoms with Crippen molar-refractivity contribution in [2.45, 2.75) is 52.2 Å². The fourth-order valence-corrected chi connectivity index (χ4v) is 2.62. The first-order valence-corrected chi connectivity index (χ1v) is 5.95. The molecule has 0 radical (unpaired) electrons. The molecule has 0 aromatic carbocycles. The smallest absolute Gasteiger partial charge is 0.303 e. The van der Waals surface area contributed by atoms with Gasteiger partial charge in [0, 0.05) is 6.92 Å². The third kappa shape index (κ3) is 4.57. The molecule has 3 nitrogen and oxygen atoms in total. The van der Waals surface area contributed by atoms with Gasteiger partial charge in [0.05, 0.1) is 19.6 Å². The monoisotopic (exact) mass is 341 g/mol. The molecule has 16 heavy (non-hydrogen) atoms. The van der Waals surface area contributed by atoms with Gasteiger partial charge in [-0.05, 0) is 33.1 Å². The van der Waals surface area contributed by atoms with E-state index in [4.69, 9.17) is 4.74 Å². The molecular formula is C12H24INO2. The van der Waals surface area contributed by atoms with Gasteiger partial charge in [0.2, 0.25) is 0 Å². The molecule has 0 saturated carbocycles. The van der Waals surface area contributed by atoms with Crippen LogP contribution in [0.3, 0.4) is 0 Å². The second-order valence-corrected chi connectivity index (χ2v) is 5.15. The van der Waals surface area contributed by atoms with Gasteiger partial charge in [-0.2, -0.15) is 0 Å². The first kappa shape index (κ1) is 16.2. The predicted molar refractivity (Wildman–Crippen MR) is 60.5 cm³/mol. The molecule has 0 spiro atoms. The number of quaternary nitrogens is 1. The Kier molecular flexibility index (Phi) is 6.86. The highest BCUT2D eigenvalue weighted by Gasteiger charge is 2.34. The van der Waals surface area contributed by atoms with Gasteiger partial charge in [-0.15, -0.1) is 0 Å². The van der Waals surface area contributed by atoms with Crippen molar-refractivity contribution in [2.24, 2.45) is 0 Å². The van der Waals surface area contributed by atoms with E-state index in [-0.39, 0.29) is 36.0 Å². The Hall–Kier alpha value is 0.160. The van der Waals surface area contributed by atoms with E-state index in [9.17, 15) is 4.79 Å². The summed E-state index contributed by atoms with van der Waals surface area (Å²) in [5.74, 6) is -0.168. The van der Waals surface area contributed by atoms with E-state index in [1.165, 1.54) is 32.7 Å². The van der Waals surface area contributed by atoms with Crippen molar-refractivity contribution in [2.75, 3.05) is 20.1 Å². The largest absolute Gasteiger partial charge is 1.00 e. The van der Waals surface area contributed by atoms with Crippen LogP contribution in [-0.2, 0) is 9.53 Å². The summed E-state index contributed by atoms with van der Waals surface area (Å²) in [4.78, 5) is 10.9. The molecule has 1 saturated heterocycles. The van der Waals surface area contributed by atoms with Crippen LogP contribution in [0.1, 0.15) is 40.0 Å². The standard InChI is InChI=1S/C12H24NO2.HI/c1-10-7-5-6-8-13(10,4)9-11(2)15-12(3)14;/h10-11H,5-9H2,1-4H3;1H/q+1;/p-1. The topological polar surface area (TPSA) is 26.3 Å². The molecule has 1 fully saturated rings. The summed E-state index contributed by atoms with van der Waals surface area (Å²) in [6.07, 6.45) is 3.97. The molecule has 0 aromatic rings. The van der Waals surface area contributed by atoms with Gasteiger partial charge < -0.3 is 33.2 Å². The minimum absolute atomic E-state index is 0. The molecule has 0 N–H and O–H groups in total. The van der Waals surface area contributed by atoms with Crippen LogP contribution in [0.2, 0.25) is 0 Å². The van der Waals surface area contributed by atoms with Gasteiger partial charge in [-0.3, -0.25) is 4.79 Å². The molecule has 1 aliphatic heterocycles. The summed E-state index contributed by atoms with van der Waals surface area (Å²) >= 11 is 0. The number of hydrogen-bond donors (Lipinski definition) is 0. The third-order valence-electron chi connectivity index (χ3n) is 3.65. The fourth-order valence-electron chi connectivity index (χ4n) is 2.62. The van der Waals surface area contributed by atoms with Crippen LogP contribution in [0, 0.1) is 0 Å². The molecule has 1 aliphatic rings. The SMILES string of the molecule is CC(=O)OC(C)C[N+]1(C)CCCCC1C.[I-]. The van der Waals surface area contributed by atoms with E-state index >= 15 is 0 Å². The number of carbonyl (C=O) groups excluding carboxylic acids is 1. The van der Waals surface area contributed by atoms with Crippen molar-refractivity contribution >= 4 is 5.97 Å². The van der Waals surface area contributed by atoms with Crippen LogP contribution in [0.5, 0.6) is 0 Å². The Morgan fingerprint density at radius 1 is 1.50 bits per heavy atom. The maximum absolute atomic E-state index is 10.9. The number of likely N-dealkylation sites (tertiary alicyclic amines) is 1. The average Bonchev–Trinajstić information content (AvgIpc) is 2.08. The Morgan fingerprint density at radius 3 is 2.62 bits per heavy atom. The van der Waals surface area contributed by atoms with Crippen molar-refractivity contribution in [3.63, 3.8) is 0 Å². The summed E-state index contributed by atoms with van der Waals surface area (Å²) in [5.41, 5.74) is 0. The predicted octanol–water partition coefficient (Wildman–Crippen LogP) is -1.04. The highest BCUT2D eigenvalue weighted by Crippen LogP contribution is 2.24. The molecule has 4 heteroatoms. The number of carbonyl (C=O) groups is 1. The van der Waals surface area contributed by atoms with Crippen molar-refractivity contribution in [1.82, 2.24) is 0 Å². The number of likely N-dealkylation sites (N-methyl/N-ethyl adjacent to an activating group) is 1. The third-order valence-corrected chi connectivity index (χ3v) is 3.65. The zero-order chi connectivity index (χ0) is 11.5. The molecular weight excluding hydrogens is 317 g/mol. The molecule has 3 atom stereocenters. The summed E-state index contributed by atoms with van der Waals surface area (Å²) in [6, 6.07) is 0.691. The molecule has 0 amide bonds. The minimum Gasteiger partial charge on any atom is -1.00 e.